The molecule has 4 N–H and O–H groups in total. The Balaban J connectivity index is 1.71. The molecule has 96 valence electrons. The van der Waals surface area contributed by atoms with E-state index in [4.69, 9.17) is 10.5 Å². The average molecular weight is 247 g/mol. The second-order valence-electron chi connectivity index (χ2n) is 4.88. The first-order valence-corrected chi connectivity index (χ1v) is 6.28. The van der Waals surface area contributed by atoms with Crippen molar-refractivity contribution in [1.29, 1.82) is 0 Å². The lowest BCUT2D eigenvalue weighted by Gasteiger charge is -2.20. The predicted molar refractivity (Wildman–Crippen MR) is 68.5 cm³/mol. The molecular formula is C13H17N3O2. The Morgan fingerprint density at radius 2 is 2.33 bits per heavy atom. The number of nitrogens with one attached hydrogen (secondary N) is 2. The second-order valence-corrected chi connectivity index (χ2v) is 4.88. The molecule has 1 unspecified atom stereocenters. The Morgan fingerprint density at radius 1 is 1.50 bits per heavy atom. The molecule has 1 heterocycles. The molecule has 2 aliphatic rings. The number of ether oxygens (including phenoxy) is 1. The van der Waals surface area contributed by atoms with Crippen molar-refractivity contribution in [3.05, 3.63) is 23.8 Å². The minimum absolute atomic E-state index is 0.0604. The number of anilines is 1. The standard InChI is InChI=1S/C13H17N3O2/c14-10(6-15-9-2-3-9)8-1-4-12-11(5-8)16-13(17)7-18-12/h1,4-5,9-10,15H,2-3,6-7,14H2,(H,16,17). The van der Waals surface area contributed by atoms with Gasteiger partial charge in [0, 0.05) is 18.6 Å². The van der Waals surface area contributed by atoms with Crippen LogP contribution in [-0.2, 0) is 4.79 Å². The molecule has 1 aromatic carbocycles. The van der Waals surface area contributed by atoms with Crippen LogP contribution in [0.2, 0.25) is 0 Å². The molecule has 5 heteroatoms. The zero-order valence-electron chi connectivity index (χ0n) is 10.1. The van der Waals surface area contributed by atoms with E-state index in [0.717, 1.165) is 12.1 Å². The molecular weight excluding hydrogens is 230 g/mol. The Labute approximate surface area is 106 Å². The highest BCUT2D eigenvalue weighted by molar-refractivity contribution is 5.95. The lowest BCUT2D eigenvalue weighted by Crippen LogP contribution is -2.29. The lowest BCUT2D eigenvalue weighted by atomic mass is 10.1. The van der Waals surface area contributed by atoms with Crippen LogP contribution in [0.15, 0.2) is 18.2 Å². The molecule has 1 atom stereocenters. The largest absolute Gasteiger partial charge is 0.482 e. The van der Waals surface area contributed by atoms with Gasteiger partial charge in [-0.25, -0.2) is 0 Å². The summed E-state index contributed by atoms with van der Waals surface area (Å²) in [5.41, 5.74) is 7.84. The van der Waals surface area contributed by atoms with E-state index in [9.17, 15) is 4.79 Å². The number of hydrogen-bond donors (Lipinski definition) is 3. The van der Waals surface area contributed by atoms with Crippen molar-refractivity contribution < 1.29 is 9.53 Å². The summed E-state index contributed by atoms with van der Waals surface area (Å²) in [6, 6.07) is 6.30. The van der Waals surface area contributed by atoms with Gasteiger partial charge in [-0.05, 0) is 30.5 Å². The molecule has 0 bridgehead atoms. The van der Waals surface area contributed by atoms with Gasteiger partial charge in [-0.2, -0.15) is 0 Å². The molecule has 0 spiro atoms. The van der Waals surface area contributed by atoms with E-state index in [1.54, 1.807) is 0 Å². The van der Waals surface area contributed by atoms with Crippen LogP contribution in [0.3, 0.4) is 0 Å². The SMILES string of the molecule is NC(CNC1CC1)c1ccc2c(c1)NC(=O)CO2. The Morgan fingerprint density at radius 3 is 3.11 bits per heavy atom. The maximum Gasteiger partial charge on any atom is 0.262 e. The van der Waals surface area contributed by atoms with Gasteiger partial charge in [0.2, 0.25) is 0 Å². The number of carbonyl (C=O) groups is 1. The third-order valence-corrected chi connectivity index (χ3v) is 3.27. The highest BCUT2D eigenvalue weighted by Crippen LogP contribution is 2.30. The van der Waals surface area contributed by atoms with E-state index in [2.05, 4.69) is 10.6 Å². The van der Waals surface area contributed by atoms with E-state index in [1.165, 1.54) is 12.8 Å². The van der Waals surface area contributed by atoms with Crippen molar-refractivity contribution in [2.24, 2.45) is 5.73 Å². The highest BCUT2D eigenvalue weighted by atomic mass is 16.5. The van der Waals surface area contributed by atoms with Crippen molar-refractivity contribution in [1.82, 2.24) is 5.32 Å². The van der Waals surface area contributed by atoms with Gasteiger partial charge in [0.15, 0.2) is 6.61 Å². The molecule has 1 aliphatic carbocycles. The fourth-order valence-corrected chi connectivity index (χ4v) is 2.03. The summed E-state index contributed by atoms with van der Waals surface area (Å²) in [6.07, 6.45) is 2.50. The van der Waals surface area contributed by atoms with Gasteiger partial charge < -0.3 is 21.1 Å². The fraction of sp³-hybridized carbons (Fsp3) is 0.462. The molecule has 1 saturated carbocycles. The summed E-state index contributed by atoms with van der Waals surface area (Å²) in [6.45, 7) is 0.847. The first-order valence-electron chi connectivity index (χ1n) is 6.28. The summed E-state index contributed by atoms with van der Waals surface area (Å²) in [7, 11) is 0. The Kier molecular flexibility index (Phi) is 2.93. The van der Waals surface area contributed by atoms with Crippen molar-refractivity contribution in [2.45, 2.75) is 24.9 Å². The molecule has 0 aromatic heterocycles. The summed E-state index contributed by atoms with van der Waals surface area (Å²) in [4.78, 5) is 11.3. The van der Waals surface area contributed by atoms with Crippen molar-refractivity contribution in [3.8, 4) is 5.75 Å². The Bertz CT molecular complexity index is 471. The van der Waals surface area contributed by atoms with E-state index in [-0.39, 0.29) is 18.6 Å². The third kappa shape index (κ3) is 2.47. The van der Waals surface area contributed by atoms with Crippen LogP contribution in [0.4, 0.5) is 5.69 Å². The van der Waals surface area contributed by atoms with Gasteiger partial charge in [-0.1, -0.05) is 6.07 Å². The van der Waals surface area contributed by atoms with Gasteiger partial charge in [-0.3, -0.25) is 4.79 Å². The quantitative estimate of drug-likeness (QED) is 0.734. The fourth-order valence-electron chi connectivity index (χ4n) is 2.03. The number of fused-ring (bicyclic) bond motifs is 1. The second kappa shape index (κ2) is 4.59. The van der Waals surface area contributed by atoms with Crippen LogP contribution in [0.25, 0.3) is 0 Å². The molecule has 1 fully saturated rings. The smallest absolute Gasteiger partial charge is 0.262 e. The van der Waals surface area contributed by atoms with E-state index >= 15 is 0 Å². The molecule has 1 aliphatic heterocycles. The first kappa shape index (κ1) is 11.5. The van der Waals surface area contributed by atoms with Crippen LogP contribution >= 0.6 is 0 Å². The van der Waals surface area contributed by atoms with Crippen LogP contribution in [0.5, 0.6) is 5.75 Å². The molecule has 1 amide bonds. The molecule has 3 rings (SSSR count). The van der Waals surface area contributed by atoms with E-state index in [1.807, 2.05) is 18.2 Å². The van der Waals surface area contributed by atoms with Crippen molar-refractivity contribution in [3.63, 3.8) is 0 Å². The van der Waals surface area contributed by atoms with Crippen molar-refractivity contribution in [2.75, 3.05) is 18.5 Å². The molecule has 1 aromatic rings. The highest BCUT2D eigenvalue weighted by Gasteiger charge is 2.22. The summed E-state index contributed by atoms with van der Waals surface area (Å²) in [5.74, 6) is 0.588. The zero-order chi connectivity index (χ0) is 12.5. The average Bonchev–Trinajstić information content (AvgIpc) is 3.19. The topological polar surface area (TPSA) is 76.4 Å². The van der Waals surface area contributed by atoms with E-state index in [0.29, 0.717) is 17.5 Å². The summed E-state index contributed by atoms with van der Waals surface area (Å²) in [5, 5.41) is 6.19. The van der Waals surface area contributed by atoms with Crippen LogP contribution in [-0.4, -0.2) is 25.1 Å². The number of rotatable bonds is 4. The maximum absolute atomic E-state index is 11.3. The van der Waals surface area contributed by atoms with Gasteiger partial charge in [0.25, 0.3) is 5.91 Å². The minimum atomic E-state index is -0.121. The van der Waals surface area contributed by atoms with Gasteiger partial charge in [-0.15, -0.1) is 0 Å². The Hall–Kier alpha value is -1.59. The monoisotopic (exact) mass is 247 g/mol. The molecule has 5 nitrogen and oxygen atoms in total. The predicted octanol–water partition coefficient (Wildman–Crippen LogP) is 0.769. The number of nitrogens with two attached hydrogens (primary N) is 1. The lowest BCUT2D eigenvalue weighted by molar-refractivity contribution is -0.118. The normalized spacial score (nSPS) is 19.7. The van der Waals surface area contributed by atoms with Crippen LogP contribution in [0, 0.1) is 0 Å². The third-order valence-electron chi connectivity index (χ3n) is 3.27. The minimum Gasteiger partial charge on any atom is -0.482 e. The zero-order valence-corrected chi connectivity index (χ0v) is 10.1. The van der Waals surface area contributed by atoms with Crippen LogP contribution < -0.4 is 21.1 Å². The first-order chi connectivity index (χ1) is 8.72. The van der Waals surface area contributed by atoms with Crippen LogP contribution in [0.1, 0.15) is 24.4 Å². The van der Waals surface area contributed by atoms with Gasteiger partial charge >= 0.3 is 0 Å². The number of carbonyl (C=O) groups excluding carboxylic acids is 1. The molecule has 18 heavy (non-hydrogen) atoms. The van der Waals surface area contributed by atoms with Gasteiger partial charge in [0.1, 0.15) is 5.75 Å². The summed E-state index contributed by atoms with van der Waals surface area (Å²) < 4.78 is 5.31. The van der Waals surface area contributed by atoms with Crippen molar-refractivity contribution >= 4 is 11.6 Å². The number of hydrogen-bond acceptors (Lipinski definition) is 4. The molecule has 0 radical (unpaired) electrons. The molecule has 0 saturated heterocycles. The van der Waals surface area contributed by atoms with Gasteiger partial charge in [0.05, 0.1) is 5.69 Å². The number of benzene rings is 1. The maximum atomic E-state index is 11.3. The number of amides is 1. The summed E-state index contributed by atoms with van der Waals surface area (Å²) >= 11 is 0. The van der Waals surface area contributed by atoms with E-state index < -0.39 is 0 Å².